The van der Waals surface area contributed by atoms with Gasteiger partial charge in [0.25, 0.3) is 5.56 Å². The van der Waals surface area contributed by atoms with Crippen molar-refractivity contribution in [1.29, 1.82) is 0 Å². The molecule has 4 nitrogen and oxygen atoms in total. The first kappa shape index (κ1) is 13.6. The van der Waals surface area contributed by atoms with E-state index >= 15 is 0 Å². The van der Waals surface area contributed by atoms with E-state index in [-0.39, 0.29) is 21.2 Å². The van der Waals surface area contributed by atoms with E-state index in [4.69, 9.17) is 28.3 Å². The van der Waals surface area contributed by atoms with Crippen LogP contribution in [0.1, 0.15) is 10.4 Å². The maximum absolute atomic E-state index is 13.4. The summed E-state index contributed by atoms with van der Waals surface area (Å²) in [5.74, 6) is -2.10. The number of halogens is 3. The maximum Gasteiger partial charge on any atom is 0.337 e. The molecule has 0 aliphatic heterocycles. The first-order chi connectivity index (χ1) is 8.90. The topological polar surface area (TPSA) is 70.2 Å². The highest BCUT2D eigenvalue weighted by Gasteiger charge is 2.16. The van der Waals surface area contributed by atoms with E-state index in [1.807, 2.05) is 0 Å². The molecule has 0 spiro atoms. The van der Waals surface area contributed by atoms with Crippen LogP contribution in [-0.2, 0) is 0 Å². The molecule has 1 heterocycles. The summed E-state index contributed by atoms with van der Waals surface area (Å²) < 4.78 is 13.4. The third-order valence-corrected chi connectivity index (χ3v) is 3.12. The van der Waals surface area contributed by atoms with Crippen LogP contribution >= 0.6 is 23.2 Å². The van der Waals surface area contributed by atoms with Crippen LogP contribution in [0.2, 0.25) is 10.0 Å². The van der Waals surface area contributed by atoms with E-state index in [2.05, 4.69) is 4.98 Å². The van der Waals surface area contributed by atoms with Gasteiger partial charge in [0, 0.05) is 17.3 Å². The van der Waals surface area contributed by atoms with Gasteiger partial charge in [0.05, 0.1) is 10.6 Å². The SMILES string of the molecule is O=C(O)c1cc(F)cc(-c2c[nH]c(=O)c(Cl)c2)c1Cl. The van der Waals surface area contributed by atoms with Gasteiger partial charge in [-0.3, -0.25) is 4.79 Å². The number of H-pyrrole nitrogens is 1. The molecule has 0 unspecified atom stereocenters. The third-order valence-electron chi connectivity index (χ3n) is 2.44. The Kier molecular flexibility index (Phi) is 3.59. The quantitative estimate of drug-likeness (QED) is 0.895. The van der Waals surface area contributed by atoms with E-state index < -0.39 is 17.3 Å². The molecule has 2 aromatic rings. The number of benzene rings is 1. The highest BCUT2D eigenvalue weighted by atomic mass is 35.5. The monoisotopic (exact) mass is 301 g/mol. The molecule has 1 aromatic carbocycles. The zero-order valence-corrected chi connectivity index (χ0v) is 10.7. The zero-order chi connectivity index (χ0) is 14.2. The van der Waals surface area contributed by atoms with Crippen LogP contribution in [0.3, 0.4) is 0 Å². The number of pyridine rings is 1. The number of hydrogen-bond donors (Lipinski definition) is 2. The Labute approximate surface area is 116 Å². The summed E-state index contributed by atoms with van der Waals surface area (Å²) in [7, 11) is 0. The van der Waals surface area contributed by atoms with Gasteiger partial charge >= 0.3 is 5.97 Å². The van der Waals surface area contributed by atoms with Crippen molar-refractivity contribution >= 4 is 29.2 Å². The standard InChI is InChI=1S/C12H6Cl2FNO3/c13-9-1-5(4-16-11(9)17)7-2-6(15)3-8(10(7)14)12(18)19/h1-4H,(H,16,17)(H,18,19). The van der Waals surface area contributed by atoms with Crippen molar-refractivity contribution in [2.45, 2.75) is 0 Å². The second-order valence-electron chi connectivity index (χ2n) is 3.69. The van der Waals surface area contributed by atoms with Gasteiger partial charge in [-0.2, -0.15) is 0 Å². The largest absolute Gasteiger partial charge is 0.478 e. The number of carboxylic acids is 1. The molecule has 2 N–H and O–H groups in total. The molecular weight excluding hydrogens is 296 g/mol. The van der Waals surface area contributed by atoms with Crippen LogP contribution in [0.5, 0.6) is 0 Å². The molecule has 0 aliphatic carbocycles. The van der Waals surface area contributed by atoms with Gasteiger partial charge in [-0.05, 0) is 18.2 Å². The summed E-state index contributed by atoms with van der Waals surface area (Å²) in [5.41, 5.74) is -0.413. The van der Waals surface area contributed by atoms with Gasteiger partial charge in [-0.25, -0.2) is 9.18 Å². The van der Waals surface area contributed by atoms with E-state index in [0.717, 1.165) is 12.1 Å². The van der Waals surface area contributed by atoms with Crippen LogP contribution in [-0.4, -0.2) is 16.1 Å². The predicted octanol–water partition coefficient (Wildman–Crippen LogP) is 3.19. The van der Waals surface area contributed by atoms with Gasteiger partial charge in [-0.1, -0.05) is 23.2 Å². The van der Waals surface area contributed by atoms with Gasteiger partial charge in [0.2, 0.25) is 0 Å². The van der Waals surface area contributed by atoms with Gasteiger partial charge < -0.3 is 10.1 Å². The fourth-order valence-corrected chi connectivity index (χ4v) is 2.04. The van der Waals surface area contributed by atoms with Crippen LogP contribution in [0.25, 0.3) is 11.1 Å². The Morgan fingerprint density at radius 2 is 1.95 bits per heavy atom. The highest BCUT2D eigenvalue weighted by molar-refractivity contribution is 6.36. The summed E-state index contributed by atoms with van der Waals surface area (Å²) in [4.78, 5) is 24.4. The Balaban J connectivity index is 2.71. The normalized spacial score (nSPS) is 10.5. The van der Waals surface area contributed by atoms with Crippen LogP contribution in [0.15, 0.2) is 29.2 Å². The smallest absolute Gasteiger partial charge is 0.337 e. The van der Waals surface area contributed by atoms with E-state index in [1.54, 1.807) is 0 Å². The summed E-state index contributed by atoms with van der Waals surface area (Å²) in [6, 6.07) is 3.17. The number of hydrogen-bond acceptors (Lipinski definition) is 2. The van der Waals surface area contributed by atoms with E-state index in [0.29, 0.717) is 5.56 Å². The Bertz CT molecular complexity index is 727. The second-order valence-corrected chi connectivity index (χ2v) is 4.47. The summed E-state index contributed by atoms with van der Waals surface area (Å²) in [5, 5.41) is 8.70. The van der Waals surface area contributed by atoms with Crippen LogP contribution < -0.4 is 5.56 Å². The number of rotatable bonds is 2. The van der Waals surface area contributed by atoms with Gasteiger partial charge in [-0.15, -0.1) is 0 Å². The molecule has 1 aromatic heterocycles. The fraction of sp³-hybridized carbons (Fsp3) is 0. The van der Waals surface area contributed by atoms with Crippen molar-refractivity contribution in [1.82, 2.24) is 4.98 Å². The molecule has 0 fully saturated rings. The molecule has 2 rings (SSSR count). The maximum atomic E-state index is 13.4. The number of aromatic amines is 1. The summed E-state index contributed by atoms with van der Waals surface area (Å²) in [6.07, 6.45) is 1.28. The molecule has 0 bridgehead atoms. The van der Waals surface area contributed by atoms with Crippen molar-refractivity contribution in [3.05, 3.63) is 56.2 Å². The lowest BCUT2D eigenvalue weighted by atomic mass is 10.0. The van der Waals surface area contributed by atoms with Crippen molar-refractivity contribution < 1.29 is 14.3 Å². The highest BCUT2D eigenvalue weighted by Crippen LogP contribution is 2.32. The third kappa shape index (κ3) is 2.62. The number of carboxylic acid groups (broad SMARTS) is 1. The molecule has 0 saturated heterocycles. The molecule has 19 heavy (non-hydrogen) atoms. The molecule has 98 valence electrons. The van der Waals surface area contributed by atoms with Crippen molar-refractivity contribution in [3.63, 3.8) is 0 Å². The summed E-state index contributed by atoms with van der Waals surface area (Å²) in [6.45, 7) is 0. The molecule has 0 radical (unpaired) electrons. The Hall–Kier alpha value is -1.85. The number of aromatic nitrogens is 1. The summed E-state index contributed by atoms with van der Waals surface area (Å²) >= 11 is 11.6. The second kappa shape index (κ2) is 5.03. The lowest BCUT2D eigenvalue weighted by molar-refractivity contribution is 0.0696. The van der Waals surface area contributed by atoms with Gasteiger partial charge in [0.15, 0.2) is 0 Å². The lowest BCUT2D eigenvalue weighted by Gasteiger charge is -2.08. The van der Waals surface area contributed by atoms with Crippen LogP contribution in [0.4, 0.5) is 4.39 Å². The van der Waals surface area contributed by atoms with Crippen molar-refractivity contribution in [2.24, 2.45) is 0 Å². The lowest BCUT2D eigenvalue weighted by Crippen LogP contribution is -2.05. The Morgan fingerprint density at radius 3 is 2.53 bits per heavy atom. The molecule has 0 saturated carbocycles. The van der Waals surface area contributed by atoms with Crippen LogP contribution in [0, 0.1) is 5.82 Å². The van der Waals surface area contributed by atoms with E-state index in [9.17, 15) is 14.0 Å². The molecule has 0 atom stereocenters. The first-order valence-electron chi connectivity index (χ1n) is 5.01. The predicted molar refractivity (Wildman–Crippen MR) is 69.4 cm³/mol. The minimum atomic E-state index is -1.35. The van der Waals surface area contributed by atoms with Gasteiger partial charge in [0.1, 0.15) is 10.8 Å². The number of aromatic carboxylic acids is 1. The average molecular weight is 302 g/mol. The molecule has 7 heteroatoms. The molecular formula is C12H6Cl2FNO3. The minimum Gasteiger partial charge on any atom is -0.478 e. The Morgan fingerprint density at radius 1 is 1.26 bits per heavy atom. The zero-order valence-electron chi connectivity index (χ0n) is 9.21. The average Bonchev–Trinajstić information content (AvgIpc) is 2.35. The fourth-order valence-electron chi connectivity index (χ4n) is 1.57. The van der Waals surface area contributed by atoms with Crippen molar-refractivity contribution in [2.75, 3.05) is 0 Å². The van der Waals surface area contributed by atoms with E-state index in [1.165, 1.54) is 12.3 Å². The number of nitrogens with one attached hydrogen (secondary N) is 1. The number of carbonyl (C=O) groups is 1. The van der Waals surface area contributed by atoms with Crippen molar-refractivity contribution in [3.8, 4) is 11.1 Å². The molecule has 0 amide bonds. The first-order valence-corrected chi connectivity index (χ1v) is 5.76. The minimum absolute atomic E-state index is 0.102. The molecule has 0 aliphatic rings.